The molecule has 0 fully saturated rings. The van der Waals surface area contributed by atoms with Crippen LogP contribution in [0.2, 0.25) is 0 Å². The van der Waals surface area contributed by atoms with Crippen LogP contribution < -0.4 is 4.90 Å². The van der Waals surface area contributed by atoms with Gasteiger partial charge in [0, 0.05) is 0 Å². The lowest BCUT2D eigenvalue weighted by atomic mass is 10.1. The van der Waals surface area contributed by atoms with E-state index in [1.165, 1.54) is 11.0 Å². The van der Waals surface area contributed by atoms with Crippen molar-refractivity contribution in [3.63, 3.8) is 0 Å². The Labute approximate surface area is 120 Å². The number of Topliss-reactive ketones (excluding diaryl/α,β-unsaturated/α-hetero) is 1. The fourth-order valence-corrected chi connectivity index (χ4v) is 2.44. The Hall–Kier alpha value is -2.95. The topological polar surface area (TPSA) is 74.7 Å². The van der Waals surface area contributed by atoms with Crippen LogP contribution in [-0.4, -0.2) is 22.8 Å². The Morgan fingerprint density at radius 3 is 2.43 bits per heavy atom. The Balaban J connectivity index is 2.02. The zero-order chi connectivity index (χ0) is 15.0. The minimum Gasteiger partial charge on any atom is -0.478 e. The van der Waals surface area contributed by atoms with Crippen LogP contribution in [0.5, 0.6) is 0 Å². The highest BCUT2D eigenvalue weighted by Gasteiger charge is 2.35. The molecule has 5 nitrogen and oxygen atoms in total. The molecule has 0 unspecified atom stereocenters. The molecular formula is C16H11NO4. The van der Waals surface area contributed by atoms with Crippen LogP contribution in [0.25, 0.3) is 0 Å². The van der Waals surface area contributed by atoms with E-state index in [0.29, 0.717) is 16.8 Å². The smallest absolute Gasteiger partial charge is 0.336 e. The molecule has 1 heterocycles. The van der Waals surface area contributed by atoms with E-state index in [0.717, 1.165) is 0 Å². The Morgan fingerprint density at radius 1 is 1.00 bits per heavy atom. The van der Waals surface area contributed by atoms with Gasteiger partial charge in [-0.25, -0.2) is 4.79 Å². The molecule has 5 heteroatoms. The molecule has 0 aliphatic carbocycles. The first kappa shape index (κ1) is 13.1. The Morgan fingerprint density at radius 2 is 1.67 bits per heavy atom. The number of ketones is 1. The third-order valence-corrected chi connectivity index (χ3v) is 3.46. The zero-order valence-electron chi connectivity index (χ0n) is 10.9. The van der Waals surface area contributed by atoms with Crippen molar-refractivity contribution in [3.8, 4) is 0 Å². The van der Waals surface area contributed by atoms with Gasteiger partial charge in [0.15, 0.2) is 0 Å². The number of carboxylic acid groups (broad SMARTS) is 1. The highest BCUT2D eigenvalue weighted by atomic mass is 16.4. The van der Waals surface area contributed by atoms with Gasteiger partial charge in [-0.15, -0.1) is 0 Å². The van der Waals surface area contributed by atoms with Gasteiger partial charge in [-0.05, 0) is 23.8 Å². The lowest BCUT2D eigenvalue weighted by molar-refractivity contribution is -0.114. The predicted molar refractivity (Wildman–Crippen MR) is 75.4 cm³/mol. The molecule has 0 atom stereocenters. The second-order valence-electron chi connectivity index (χ2n) is 4.70. The van der Waals surface area contributed by atoms with Crippen molar-refractivity contribution in [3.05, 3.63) is 65.2 Å². The number of para-hydroxylation sites is 1. The van der Waals surface area contributed by atoms with E-state index in [1.54, 1.807) is 42.5 Å². The number of hydrogen-bond donors (Lipinski definition) is 1. The molecule has 3 rings (SSSR count). The molecule has 2 aromatic rings. The minimum absolute atomic E-state index is 0.0596. The number of hydrogen-bond acceptors (Lipinski definition) is 3. The maximum absolute atomic E-state index is 12.1. The van der Waals surface area contributed by atoms with Gasteiger partial charge < -0.3 is 10.0 Å². The molecule has 1 N–H and O–H groups in total. The van der Waals surface area contributed by atoms with E-state index in [-0.39, 0.29) is 12.1 Å². The monoisotopic (exact) mass is 281 g/mol. The normalized spacial score (nSPS) is 13.4. The number of nitrogens with zero attached hydrogens (tertiary/aromatic N) is 1. The first-order valence-corrected chi connectivity index (χ1v) is 6.36. The van der Waals surface area contributed by atoms with Crippen LogP contribution >= 0.6 is 0 Å². The molecule has 0 spiro atoms. The molecule has 0 bridgehead atoms. The second kappa shape index (κ2) is 4.86. The van der Waals surface area contributed by atoms with Crippen molar-refractivity contribution in [1.82, 2.24) is 0 Å². The maximum Gasteiger partial charge on any atom is 0.336 e. The zero-order valence-corrected chi connectivity index (χ0v) is 10.9. The number of benzene rings is 2. The first-order valence-electron chi connectivity index (χ1n) is 6.36. The fraction of sp³-hybridized carbons (Fsp3) is 0.0625. The molecular weight excluding hydrogens is 270 g/mol. The van der Waals surface area contributed by atoms with Crippen molar-refractivity contribution in [2.75, 3.05) is 4.90 Å². The highest BCUT2D eigenvalue weighted by Crippen LogP contribution is 2.30. The molecule has 1 amide bonds. The predicted octanol–water partition coefficient (Wildman–Crippen LogP) is 2.11. The Kier molecular flexibility index (Phi) is 3.02. The summed E-state index contributed by atoms with van der Waals surface area (Å²) in [6.07, 6.45) is 0. The summed E-state index contributed by atoms with van der Waals surface area (Å²) < 4.78 is 0. The lowest BCUT2D eigenvalue weighted by Crippen LogP contribution is -2.29. The third kappa shape index (κ3) is 2.08. The quantitative estimate of drug-likeness (QED) is 0.874. The molecule has 0 aromatic heterocycles. The summed E-state index contributed by atoms with van der Waals surface area (Å²) in [5, 5.41) is 9.18. The Bertz CT molecular complexity index is 766. The van der Waals surface area contributed by atoms with E-state index >= 15 is 0 Å². The standard InChI is InChI=1S/C16H11NO4/c18-14-12-7-3-4-8-13(12)17(15(14)19)9-10-5-1-2-6-11(10)16(20)21/h1-8H,9H2,(H,20,21). The van der Waals surface area contributed by atoms with Gasteiger partial charge in [-0.1, -0.05) is 30.3 Å². The number of carbonyl (C=O) groups excluding carboxylic acids is 2. The van der Waals surface area contributed by atoms with E-state index in [2.05, 4.69) is 0 Å². The molecule has 0 radical (unpaired) electrons. The van der Waals surface area contributed by atoms with E-state index in [9.17, 15) is 19.5 Å². The van der Waals surface area contributed by atoms with E-state index in [4.69, 9.17) is 0 Å². The number of aromatic carboxylic acids is 1. The number of rotatable bonds is 3. The summed E-state index contributed by atoms with van der Waals surface area (Å²) in [6.45, 7) is 0.0596. The van der Waals surface area contributed by atoms with E-state index in [1.807, 2.05) is 0 Å². The number of fused-ring (bicyclic) bond motifs is 1. The van der Waals surface area contributed by atoms with Crippen LogP contribution in [0.3, 0.4) is 0 Å². The van der Waals surface area contributed by atoms with Crippen LogP contribution in [0, 0.1) is 0 Å². The van der Waals surface area contributed by atoms with Gasteiger partial charge in [0.2, 0.25) is 0 Å². The lowest BCUT2D eigenvalue weighted by Gasteiger charge is -2.17. The van der Waals surface area contributed by atoms with Gasteiger partial charge in [-0.3, -0.25) is 9.59 Å². The summed E-state index contributed by atoms with van der Waals surface area (Å²) in [4.78, 5) is 36.5. The van der Waals surface area contributed by atoms with Gasteiger partial charge in [0.05, 0.1) is 23.4 Å². The molecule has 104 valence electrons. The molecule has 1 aliphatic rings. The summed E-state index contributed by atoms with van der Waals surface area (Å²) in [7, 11) is 0. The van der Waals surface area contributed by atoms with Crippen molar-refractivity contribution >= 4 is 23.3 Å². The van der Waals surface area contributed by atoms with Crippen molar-refractivity contribution in [1.29, 1.82) is 0 Å². The van der Waals surface area contributed by atoms with Gasteiger partial charge in [0.1, 0.15) is 0 Å². The van der Waals surface area contributed by atoms with Gasteiger partial charge >= 0.3 is 5.97 Å². The second-order valence-corrected chi connectivity index (χ2v) is 4.70. The SMILES string of the molecule is O=C(O)c1ccccc1CN1C(=O)C(=O)c2ccccc21. The van der Waals surface area contributed by atoms with E-state index < -0.39 is 17.7 Å². The average Bonchev–Trinajstić information content (AvgIpc) is 2.73. The fourth-order valence-electron chi connectivity index (χ4n) is 2.44. The van der Waals surface area contributed by atoms with Gasteiger partial charge in [0.25, 0.3) is 11.7 Å². The van der Waals surface area contributed by atoms with Crippen molar-refractivity contribution in [2.24, 2.45) is 0 Å². The molecule has 1 aliphatic heterocycles. The van der Waals surface area contributed by atoms with Crippen LogP contribution in [0.4, 0.5) is 5.69 Å². The minimum atomic E-state index is -1.06. The maximum atomic E-state index is 12.1. The van der Waals surface area contributed by atoms with Crippen molar-refractivity contribution < 1.29 is 19.5 Å². The number of amides is 1. The average molecular weight is 281 g/mol. The summed E-state index contributed by atoms with van der Waals surface area (Å²) in [5.41, 5.74) is 1.49. The molecule has 0 saturated heterocycles. The number of carboxylic acids is 1. The first-order chi connectivity index (χ1) is 10.1. The van der Waals surface area contributed by atoms with Crippen LogP contribution in [0.15, 0.2) is 48.5 Å². The summed E-state index contributed by atoms with van der Waals surface area (Å²) in [6, 6.07) is 13.2. The molecule has 0 saturated carbocycles. The van der Waals surface area contributed by atoms with Crippen LogP contribution in [0.1, 0.15) is 26.3 Å². The largest absolute Gasteiger partial charge is 0.478 e. The molecule has 2 aromatic carbocycles. The number of anilines is 1. The number of carbonyl (C=O) groups is 3. The molecule has 21 heavy (non-hydrogen) atoms. The summed E-state index contributed by atoms with van der Waals surface area (Å²) in [5.74, 6) is -2.24. The summed E-state index contributed by atoms with van der Waals surface area (Å²) >= 11 is 0. The highest BCUT2D eigenvalue weighted by molar-refractivity contribution is 6.52. The third-order valence-electron chi connectivity index (χ3n) is 3.46. The van der Waals surface area contributed by atoms with Crippen molar-refractivity contribution in [2.45, 2.75) is 6.54 Å². The van der Waals surface area contributed by atoms with Gasteiger partial charge in [-0.2, -0.15) is 0 Å². The van der Waals surface area contributed by atoms with Crippen LogP contribution in [-0.2, 0) is 11.3 Å².